The summed E-state index contributed by atoms with van der Waals surface area (Å²) >= 11 is 0. The molecule has 2 amide bonds. The van der Waals surface area contributed by atoms with E-state index < -0.39 is 27.7 Å². The Bertz CT molecular complexity index is 749. The monoisotopic (exact) mass is 396 g/mol. The molecule has 1 heterocycles. The maximum absolute atomic E-state index is 13.0. The number of sulfone groups is 1. The third-order valence-electron chi connectivity index (χ3n) is 4.71. The summed E-state index contributed by atoms with van der Waals surface area (Å²) in [6, 6.07) is 8.82. The van der Waals surface area contributed by atoms with Crippen LogP contribution in [0.4, 0.5) is 0 Å². The molecule has 1 aromatic rings. The highest BCUT2D eigenvalue weighted by molar-refractivity contribution is 7.91. The van der Waals surface area contributed by atoms with E-state index in [0.29, 0.717) is 13.0 Å². The van der Waals surface area contributed by atoms with Crippen LogP contribution in [0.3, 0.4) is 0 Å². The van der Waals surface area contributed by atoms with Gasteiger partial charge >= 0.3 is 11.8 Å². The van der Waals surface area contributed by atoms with Crippen LogP contribution in [0.15, 0.2) is 30.3 Å². The van der Waals surface area contributed by atoms with Crippen molar-refractivity contribution in [1.82, 2.24) is 9.80 Å². The highest BCUT2D eigenvalue weighted by Crippen LogP contribution is 2.19. The van der Waals surface area contributed by atoms with Gasteiger partial charge in [-0.2, -0.15) is 0 Å². The predicted octanol–water partition coefficient (Wildman–Crippen LogP) is 1.09. The lowest BCUT2D eigenvalue weighted by Gasteiger charge is -2.32. The van der Waals surface area contributed by atoms with E-state index in [1.54, 1.807) is 0 Å². The van der Waals surface area contributed by atoms with Crippen LogP contribution in [0.2, 0.25) is 0 Å². The Hall–Kier alpha value is -1.93. The summed E-state index contributed by atoms with van der Waals surface area (Å²) in [5.41, 5.74) is 0.930. The summed E-state index contributed by atoms with van der Waals surface area (Å²) < 4.78 is 28.7. The topological polar surface area (TPSA) is 84.0 Å². The number of rotatable bonds is 7. The second-order valence-electron chi connectivity index (χ2n) is 7.06. The molecular formula is C19H28N2O5S. The van der Waals surface area contributed by atoms with Gasteiger partial charge in [-0.05, 0) is 25.8 Å². The summed E-state index contributed by atoms with van der Waals surface area (Å²) in [6.45, 7) is 4.47. The van der Waals surface area contributed by atoms with Crippen molar-refractivity contribution in [3.05, 3.63) is 35.9 Å². The van der Waals surface area contributed by atoms with Gasteiger partial charge in [0.2, 0.25) is 0 Å². The van der Waals surface area contributed by atoms with Gasteiger partial charge < -0.3 is 14.5 Å². The Balaban J connectivity index is 2.19. The number of hydrogen-bond acceptors (Lipinski definition) is 5. The lowest BCUT2D eigenvalue weighted by atomic mass is 10.1. The first-order valence-corrected chi connectivity index (χ1v) is 10.9. The summed E-state index contributed by atoms with van der Waals surface area (Å²) in [6.07, 6.45) is 0.353. The molecule has 0 spiro atoms. The van der Waals surface area contributed by atoms with Gasteiger partial charge in [-0.1, -0.05) is 30.3 Å². The third-order valence-corrected chi connectivity index (χ3v) is 6.46. The number of amides is 2. The molecule has 0 saturated carbocycles. The molecular weight excluding hydrogens is 368 g/mol. The van der Waals surface area contributed by atoms with Gasteiger partial charge in [-0.15, -0.1) is 0 Å². The zero-order chi connectivity index (χ0) is 20.0. The van der Waals surface area contributed by atoms with Crippen LogP contribution in [0.5, 0.6) is 0 Å². The van der Waals surface area contributed by atoms with E-state index in [1.807, 2.05) is 44.2 Å². The van der Waals surface area contributed by atoms with E-state index >= 15 is 0 Å². The zero-order valence-corrected chi connectivity index (χ0v) is 16.9. The van der Waals surface area contributed by atoms with Crippen LogP contribution in [0.1, 0.15) is 25.8 Å². The van der Waals surface area contributed by atoms with E-state index in [-0.39, 0.29) is 30.7 Å². The number of methoxy groups -OCH3 is 1. The molecule has 0 aliphatic carbocycles. The summed E-state index contributed by atoms with van der Waals surface area (Å²) in [5, 5.41) is 0. The number of carbonyl (C=O) groups is 2. The van der Waals surface area contributed by atoms with Gasteiger partial charge in [0, 0.05) is 32.3 Å². The Kier molecular flexibility index (Phi) is 7.38. The molecule has 1 saturated heterocycles. The molecule has 150 valence electrons. The summed E-state index contributed by atoms with van der Waals surface area (Å²) in [7, 11) is -1.66. The molecule has 1 aliphatic rings. The van der Waals surface area contributed by atoms with E-state index in [0.717, 1.165) is 5.56 Å². The number of hydrogen-bond donors (Lipinski definition) is 0. The molecule has 0 bridgehead atoms. The number of benzene rings is 1. The summed E-state index contributed by atoms with van der Waals surface area (Å²) in [4.78, 5) is 28.8. The zero-order valence-electron chi connectivity index (χ0n) is 16.1. The predicted molar refractivity (Wildman–Crippen MR) is 103 cm³/mol. The first-order valence-electron chi connectivity index (χ1n) is 9.10. The second kappa shape index (κ2) is 9.32. The Morgan fingerprint density at radius 2 is 1.85 bits per heavy atom. The van der Waals surface area contributed by atoms with Gasteiger partial charge in [0.05, 0.1) is 18.1 Å². The van der Waals surface area contributed by atoms with Crippen LogP contribution in [-0.4, -0.2) is 73.9 Å². The Morgan fingerprint density at radius 1 is 1.19 bits per heavy atom. The van der Waals surface area contributed by atoms with Crippen LogP contribution >= 0.6 is 0 Å². The Morgan fingerprint density at radius 3 is 2.37 bits per heavy atom. The minimum Gasteiger partial charge on any atom is -0.383 e. The maximum atomic E-state index is 13.0. The molecule has 1 aromatic carbocycles. The molecule has 0 aromatic heterocycles. The highest BCUT2D eigenvalue weighted by Gasteiger charge is 2.38. The number of nitrogens with zero attached hydrogens (tertiary/aromatic N) is 2. The van der Waals surface area contributed by atoms with E-state index in [4.69, 9.17) is 4.74 Å². The van der Waals surface area contributed by atoms with E-state index in [2.05, 4.69) is 0 Å². The number of ether oxygens (including phenoxy) is 1. The molecule has 1 fully saturated rings. The normalized spacial score (nSPS) is 18.4. The van der Waals surface area contributed by atoms with E-state index in [1.165, 1.54) is 16.9 Å². The average Bonchev–Trinajstić information content (AvgIpc) is 2.99. The molecule has 1 atom stereocenters. The highest BCUT2D eigenvalue weighted by atomic mass is 32.2. The minimum atomic E-state index is -3.17. The quantitative estimate of drug-likeness (QED) is 0.644. The third kappa shape index (κ3) is 5.77. The first-order chi connectivity index (χ1) is 12.7. The van der Waals surface area contributed by atoms with Crippen molar-refractivity contribution >= 4 is 21.7 Å². The standard InChI is InChI=1S/C19H28N2O5S/c1-15(2)21(13-16-7-5-4-6-8-16)19(23)18(22)20(10-11-26-3)17-9-12-27(24,25)14-17/h4-8,15,17H,9-14H2,1-3H3. The number of carbonyl (C=O) groups excluding carboxylic acids is 2. The fourth-order valence-electron chi connectivity index (χ4n) is 3.18. The molecule has 27 heavy (non-hydrogen) atoms. The lowest BCUT2D eigenvalue weighted by molar-refractivity contribution is -0.154. The lowest BCUT2D eigenvalue weighted by Crippen LogP contribution is -2.52. The van der Waals surface area contributed by atoms with Gasteiger partial charge in [0.15, 0.2) is 9.84 Å². The van der Waals surface area contributed by atoms with Gasteiger partial charge in [0.1, 0.15) is 0 Å². The molecule has 1 aliphatic heterocycles. The van der Waals surface area contributed by atoms with Gasteiger partial charge in [-0.25, -0.2) is 8.42 Å². The smallest absolute Gasteiger partial charge is 0.312 e. The van der Waals surface area contributed by atoms with E-state index in [9.17, 15) is 18.0 Å². The average molecular weight is 397 g/mol. The Labute approximate surface area is 161 Å². The summed E-state index contributed by atoms with van der Waals surface area (Å²) in [5.74, 6) is -1.34. The fourth-order valence-corrected chi connectivity index (χ4v) is 4.91. The molecule has 7 nitrogen and oxygen atoms in total. The molecule has 0 N–H and O–H groups in total. The van der Waals surface area contributed by atoms with Crippen molar-refractivity contribution < 1.29 is 22.7 Å². The SMILES string of the molecule is COCCN(C(=O)C(=O)N(Cc1ccccc1)C(C)C)C1CCS(=O)(=O)C1. The van der Waals surface area contributed by atoms with Crippen molar-refractivity contribution in [3.63, 3.8) is 0 Å². The van der Waals surface area contributed by atoms with Crippen LogP contribution in [0.25, 0.3) is 0 Å². The van der Waals surface area contributed by atoms with Crippen molar-refractivity contribution in [2.45, 2.75) is 38.9 Å². The van der Waals surface area contributed by atoms with Crippen molar-refractivity contribution in [3.8, 4) is 0 Å². The van der Waals surface area contributed by atoms with Crippen molar-refractivity contribution in [1.29, 1.82) is 0 Å². The molecule has 1 unspecified atom stereocenters. The minimum absolute atomic E-state index is 0.0422. The van der Waals surface area contributed by atoms with Crippen LogP contribution < -0.4 is 0 Å². The van der Waals surface area contributed by atoms with Crippen molar-refractivity contribution in [2.24, 2.45) is 0 Å². The van der Waals surface area contributed by atoms with Crippen molar-refractivity contribution in [2.75, 3.05) is 31.8 Å². The van der Waals surface area contributed by atoms with Crippen LogP contribution in [-0.2, 0) is 30.7 Å². The van der Waals surface area contributed by atoms with Crippen LogP contribution in [0, 0.1) is 0 Å². The molecule has 0 radical (unpaired) electrons. The maximum Gasteiger partial charge on any atom is 0.312 e. The fraction of sp³-hybridized carbons (Fsp3) is 0.579. The second-order valence-corrected chi connectivity index (χ2v) is 9.29. The largest absolute Gasteiger partial charge is 0.383 e. The van der Waals surface area contributed by atoms with Gasteiger partial charge in [-0.3, -0.25) is 9.59 Å². The molecule has 8 heteroatoms. The first kappa shape index (κ1) is 21.4. The van der Waals surface area contributed by atoms with Gasteiger partial charge in [0.25, 0.3) is 0 Å². The molecule has 2 rings (SSSR count).